The predicted octanol–water partition coefficient (Wildman–Crippen LogP) is 2.58. The molecule has 0 aliphatic heterocycles. The molecule has 0 fully saturated rings. The fraction of sp³-hybridized carbons (Fsp3) is 0.190. The first-order valence-corrected chi connectivity index (χ1v) is 9.10. The van der Waals surface area contributed by atoms with Crippen LogP contribution in [0.25, 0.3) is 17.1 Å². The fourth-order valence-corrected chi connectivity index (χ4v) is 2.94. The molecule has 140 valence electrons. The quantitative estimate of drug-likeness (QED) is 0.538. The number of hydrogen-bond donors (Lipinski definition) is 0. The second-order valence-corrected chi connectivity index (χ2v) is 6.59. The molecule has 0 aliphatic rings. The van der Waals surface area contributed by atoms with Gasteiger partial charge in [0.25, 0.3) is 0 Å². The number of aromatic nitrogens is 6. The van der Waals surface area contributed by atoms with Gasteiger partial charge in [-0.1, -0.05) is 25.1 Å². The third-order valence-electron chi connectivity index (χ3n) is 4.51. The molecule has 7 heteroatoms. The Hall–Kier alpha value is -3.61. The van der Waals surface area contributed by atoms with Crippen LogP contribution in [0.2, 0.25) is 0 Å². The van der Waals surface area contributed by atoms with Gasteiger partial charge in [-0.05, 0) is 23.6 Å². The van der Waals surface area contributed by atoms with E-state index < -0.39 is 0 Å². The highest BCUT2D eigenvalue weighted by molar-refractivity contribution is 5.56. The van der Waals surface area contributed by atoms with Gasteiger partial charge in [0.2, 0.25) is 5.43 Å². The van der Waals surface area contributed by atoms with Gasteiger partial charge >= 0.3 is 0 Å². The molecule has 0 saturated heterocycles. The van der Waals surface area contributed by atoms with E-state index in [1.807, 2.05) is 49.9 Å². The molecule has 4 aromatic rings. The van der Waals surface area contributed by atoms with E-state index in [1.54, 1.807) is 21.8 Å². The molecule has 3 heterocycles. The van der Waals surface area contributed by atoms with Gasteiger partial charge in [0.15, 0.2) is 5.82 Å². The van der Waals surface area contributed by atoms with Crippen LogP contribution < -0.4 is 5.43 Å². The lowest BCUT2D eigenvalue weighted by Gasteiger charge is -2.07. The maximum absolute atomic E-state index is 12.3. The fourth-order valence-electron chi connectivity index (χ4n) is 2.94. The van der Waals surface area contributed by atoms with E-state index in [4.69, 9.17) is 0 Å². The highest BCUT2D eigenvalue weighted by Crippen LogP contribution is 2.17. The Kier molecular flexibility index (Phi) is 4.80. The third-order valence-corrected chi connectivity index (χ3v) is 4.51. The number of benzene rings is 1. The van der Waals surface area contributed by atoms with Crippen molar-refractivity contribution in [3.8, 4) is 17.1 Å². The summed E-state index contributed by atoms with van der Waals surface area (Å²) in [6.45, 7) is 2.07. The van der Waals surface area contributed by atoms with Crippen LogP contribution >= 0.6 is 0 Å². The zero-order valence-corrected chi connectivity index (χ0v) is 15.8. The van der Waals surface area contributed by atoms with Crippen LogP contribution in [-0.4, -0.2) is 29.5 Å². The van der Waals surface area contributed by atoms with Crippen molar-refractivity contribution in [3.63, 3.8) is 0 Å². The van der Waals surface area contributed by atoms with E-state index in [1.165, 1.54) is 6.07 Å². The molecule has 0 radical (unpaired) electrons. The van der Waals surface area contributed by atoms with Gasteiger partial charge in [0.05, 0.1) is 12.4 Å². The second kappa shape index (κ2) is 7.56. The molecule has 0 N–H and O–H groups in total. The summed E-state index contributed by atoms with van der Waals surface area (Å²) in [5.41, 5.74) is 4.20. The predicted molar refractivity (Wildman–Crippen MR) is 106 cm³/mol. The summed E-state index contributed by atoms with van der Waals surface area (Å²) in [5.74, 6) is 0.674. The van der Waals surface area contributed by atoms with Gasteiger partial charge in [-0.2, -0.15) is 10.2 Å². The molecule has 3 aromatic heterocycles. The van der Waals surface area contributed by atoms with Crippen LogP contribution in [-0.2, 0) is 19.9 Å². The normalized spacial score (nSPS) is 10.9. The first-order chi connectivity index (χ1) is 13.6. The molecule has 0 aliphatic carbocycles. The molecule has 0 bridgehead atoms. The molecule has 0 saturated carbocycles. The average Bonchev–Trinajstić information content (AvgIpc) is 3.16. The standard InChI is InChI=1S/C21H20N6O/c1-3-15-11-22-21(23-12-15)17-6-4-5-16(9-17)10-19-20(28)7-8-27(25-19)18-13-24-26(2)14-18/h4-9,11-14H,3,10H2,1-2H3. The van der Waals surface area contributed by atoms with Gasteiger partial charge in [-0.3, -0.25) is 9.48 Å². The second-order valence-electron chi connectivity index (χ2n) is 6.59. The molecule has 1 aromatic carbocycles. The smallest absolute Gasteiger partial charge is 0.203 e. The summed E-state index contributed by atoms with van der Waals surface area (Å²) >= 11 is 0. The monoisotopic (exact) mass is 372 g/mol. The lowest BCUT2D eigenvalue weighted by Crippen LogP contribution is -2.16. The van der Waals surface area contributed by atoms with E-state index >= 15 is 0 Å². The van der Waals surface area contributed by atoms with E-state index in [-0.39, 0.29) is 5.43 Å². The Morgan fingerprint density at radius 1 is 1.04 bits per heavy atom. The number of nitrogens with zero attached hydrogens (tertiary/aromatic N) is 6. The third kappa shape index (κ3) is 3.73. The summed E-state index contributed by atoms with van der Waals surface area (Å²) in [4.78, 5) is 21.2. The SMILES string of the molecule is CCc1cnc(-c2cccc(Cc3nn(-c4cnn(C)c4)ccc3=O)c2)nc1. The van der Waals surface area contributed by atoms with E-state index in [0.717, 1.165) is 28.8 Å². The summed E-state index contributed by atoms with van der Waals surface area (Å²) < 4.78 is 3.36. The zero-order chi connectivity index (χ0) is 19.5. The minimum atomic E-state index is -0.0888. The summed E-state index contributed by atoms with van der Waals surface area (Å²) in [5, 5.41) is 8.65. The van der Waals surface area contributed by atoms with Crippen molar-refractivity contribution in [2.24, 2.45) is 7.05 Å². The lowest BCUT2D eigenvalue weighted by atomic mass is 10.1. The zero-order valence-electron chi connectivity index (χ0n) is 15.8. The highest BCUT2D eigenvalue weighted by Gasteiger charge is 2.08. The van der Waals surface area contributed by atoms with E-state index in [9.17, 15) is 4.79 Å². The van der Waals surface area contributed by atoms with Crippen molar-refractivity contribution in [3.05, 3.63) is 88.4 Å². The van der Waals surface area contributed by atoms with Crippen molar-refractivity contribution in [2.75, 3.05) is 0 Å². The van der Waals surface area contributed by atoms with Crippen LogP contribution in [0.1, 0.15) is 23.7 Å². The number of aryl methyl sites for hydroxylation is 2. The van der Waals surface area contributed by atoms with E-state index in [0.29, 0.717) is 17.9 Å². The molecule has 28 heavy (non-hydrogen) atoms. The van der Waals surface area contributed by atoms with Crippen molar-refractivity contribution in [1.82, 2.24) is 29.5 Å². The largest absolute Gasteiger partial charge is 0.288 e. The topological polar surface area (TPSA) is 78.5 Å². The number of rotatable bonds is 5. The summed E-state index contributed by atoms with van der Waals surface area (Å²) in [7, 11) is 1.84. The van der Waals surface area contributed by atoms with E-state index in [2.05, 4.69) is 27.1 Å². The maximum atomic E-state index is 12.3. The van der Waals surface area contributed by atoms with Gasteiger partial charge in [0.1, 0.15) is 11.4 Å². The molecule has 7 nitrogen and oxygen atoms in total. The molecule has 4 rings (SSSR count). The Morgan fingerprint density at radius 3 is 2.57 bits per heavy atom. The van der Waals surface area contributed by atoms with Crippen LogP contribution in [0.5, 0.6) is 0 Å². The molecule has 0 unspecified atom stereocenters. The van der Waals surface area contributed by atoms with Crippen molar-refractivity contribution >= 4 is 0 Å². The van der Waals surface area contributed by atoms with Gasteiger partial charge in [-0.25, -0.2) is 14.6 Å². The minimum absolute atomic E-state index is 0.0888. The highest BCUT2D eigenvalue weighted by atomic mass is 16.1. The number of hydrogen-bond acceptors (Lipinski definition) is 5. The van der Waals surface area contributed by atoms with Gasteiger partial charge in [-0.15, -0.1) is 0 Å². The maximum Gasteiger partial charge on any atom is 0.203 e. The van der Waals surface area contributed by atoms with Crippen molar-refractivity contribution < 1.29 is 0 Å². The Bertz CT molecular complexity index is 1160. The molecule has 0 atom stereocenters. The molecular formula is C21H20N6O. The molecule has 0 amide bonds. The first-order valence-electron chi connectivity index (χ1n) is 9.10. The first kappa shape index (κ1) is 17.8. The van der Waals surface area contributed by atoms with Gasteiger partial charge in [0, 0.05) is 43.7 Å². The van der Waals surface area contributed by atoms with Gasteiger partial charge < -0.3 is 0 Å². The van der Waals surface area contributed by atoms with Crippen molar-refractivity contribution in [2.45, 2.75) is 19.8 Å². The van der Waals surface area contributed by atoms with Crippen LogP contribution in [0.3, 0.4) is 0 Å². The molecular weight excluding hydrogens is 352 g/mol. The van der Waals surface area contributed by atoms with Crippen LogP contribution in [0, 0.1) is 0 Å². The van der Waals surface area contributed by atoms with Crippen LogP contribution in [0.4, 0.5) is 0 Å². The Labute approximate surface area is 162 Å². The summed E-state index contributed by atoms with van der Waals surface area (Å²) in [6.07, 6.45) is 10.2. The Balaban J connectivity index is 1.63. The van der Waals surface area contributed by atoms with Crippen LogP contribution in [0.15, 0.2) is 66.1 Å². The molecule has 0 spiro atoms. The Morgan fingerprint density at radius 2 is 1.86 bits per heavy atom. The summed E-state index contributed by atoms with van der Waals surface area (Å²) in [6, 6.07) is 9.43. The minimum Gasteiger partial charge on any atom is -0.288 e. The lowest BCUT2D eigenvalue weighted by molar-refractivity contribution is 0.762. The van der Waals surface area contributed by atoms with Crippen molar-refractivity contribution in [1.29, 1.82) is 0 Å². The average molecular weight is 372 g/mol.